The summed E-state index contributed by atoms with van der Waals surface area (Å²) in [4.78, 5) is 6.48. The third kappa shape index (κ3) is 3.79. The number of benzene rings is 1. The van der Waals surface area contributed by atoms with Gasteiger partial charge >= 0.3 is 6.18 Å². The van der Waals surface area contributed by atoms with Gasteiger partial charge in [0.15, 0.2) is 0 Å². The topological polar surface area (TPSA) is 75.9 Å². The lowest BCUT2D eigenvalue weighted by atomic mass is 10.3. The molecule has 1 aromatic carbocycles. The Bertz CT molecular complexity index is 662. The lowest BCUT2D eigenvalue weighted by Gasteiger charge is -2.12. The van der Waals surface area contributed by atoms with Crippen molar-refractivity contribution in [2.75, 3.05) is 10.7 Å². The molecule has 2 aromatic rings. The Labute approximate surface area is 124 Å². The maximum absolute atomic E-state index is 13.6. The van der Waals surface area contributed by atoms with Crippen LogP contribution in [0.15, 0.2) is 28.7 Å². The van der Waals surface area contributed by atoms with Crippen LogP contribution < -0.4 is 16.6 Å². The second kappa shape index (κ2) is 5.82. The Morgan fingerprint density at radius 3 is 2.38 bits per heavy atom. The average Bonchev–Trinajstić information content (AvgIpc) is 2.41. The van der Waals surface area contributed by atoms with Gasteiger partial charge in [-0.1, -0.05) is 15.9 Å². The van der Waals surface area contributed by atoms with Crippen molar-refractivity contribution in [3.63, 3.8) is 0 Å². The molecule has 0 aliphatic rings. The molecule has 21 heavy (non-hydrogen) atoms. The maximum Gasteiger partial charge on any atom is 0.451 e. The van der Waals surface area contributed by atoms with Gasteiger partial charge in [0.05, 0.1) is 5.69 Å². The number of nitrogens with one attached hydrogen (secondary N) is 2. The van der Waals surface area contributed by atoms with Crippen LogP contribution in [0.2, 0.25) is 0 Å². The van der Waals surface area contributed by atoms with Gasteiger partial charge in [0.25, 0.3) is 0 Å². The minimum atomic E-state index is -4.75. The molecule has 1 heterocycles. The molecular weight excluding hydrogens is 358 g/mol. The van der Waals surface area contributed by atoms with Crippen LogP contribution in [0, 0.1) is 5.82 Å². The van der Waals surface area contributed by atoms with Crippen LogP contribution in [0.5, 0.6) is 0 Å². The average molecular weight is 366 g/mol. The summed E-state index contributed by atoms with van der Waals surface area (Å²) in [6.07, 6.45) is -4.75. The lowest BCUT2D eigenvalue weighted by Crippen LogP contribution is -2.16. The Morgan fingerprint density at radius 1 is 1.10 bits per heavy atom. The van der Waals surface area contributed by atoms with Crippen molar-refractivity contribution < 1.29 is 17.6 Å². The summed E-state index contributed by atoms with van der Waals surface area (Å²) in [6.45, 7) is 0. The second-order valence-corrected chi connectivity index (χ2v) is 4.77. The molecule has 4 N–H and O–H groups in total. The third-order valence-electron chi connectivity index (χ3n) is 2.32. The Kier molecular flexibility index (Phi) is 4.28. The first-order chi connectivity index (χ1) is 9.79. The van der Waals surface area contributed by atoms with Crippen LogP contribution in [-0.4, -0.2) is 9.97 Å². The molecule has 0 saturated carbocycles. The largest absolute Gasteiger partial charge is 0.451 e. The summed E-state index contributed by atoms with van der Waals surface area (Å²) in [5.74, 6) is 2.52. The highest BCUT2D eigenvalue weighted by atomic mass is 79.9. The van der Waals surface area contributed by atoms with E-state index in [1.165, 1.54) is 12.1 Å². The molecule has 112 valence electrons. The number of nitrogen functional groups attached to an aromatic ring is 1. The molecule has 0 bridgehead atoms. The molecule has 5 nitrogen and oxygen atoms in total. The number of nitrogens with zero attached hydrogens (tertiary/aromatic N) is 2. The molecule has 0 unspecified atom stereocenters. The van der Waals surface area contributed by atoms with E-state index >= 15 is 0 Å². The quantitative estimate of drug-likeness (QED) is 0.441. The van der Waals surface area contributed by atoms with Crippen molar-refractivity contribution in [1.82, 2.24) is 9.97 Å². The van der Waals surface area contributed by atoms with E-state index in [9.17, 15) is 17.6 Å². The molecule has 0 fully saturated rings. The number of aromatic nitrogens is 2. The van der Waals surface area contributed by atoms with Crippen LogP contribution in [-0.2, 0) is 6.18 Å². The molecule has 0 atom stereocenters. The third-order valence-corrected chi connectivity index (χ3v) is 2.81. The predicted molar refractivity (Wildman–Crippen MR) is 72.2 cm³/mol. The van der Waals surface area contributed by atoms with Crippen molar-refractivity contribution in [3.05, 3.63) is 40.4 Å². The molecular formula is C11H8BrF4N5. The van der Waals surface area contributed by atoms with Crippen LogP contribution in [0.1, 0.15) is 5.82 Å². The van der Waals surface area contributed by atoms with Gasteiger partial charge in [0.2, 0.25) is 5.82 Å². The molecule has 0 saturated heterocycles. The van der Waals surface area contributed by atoms with E-state index in [0.29, 0.717) is 4.47 Å². The zero-order chi connectivity index (χ0) is 15.6. The molecule has 0 aliphatic carbocycles. The smallest absolute Gasteiger partial charge is 0.338 e. The molecule has 0 aliphatic heterocycles. The molecule has 2 rings (SSSR count). The van der Waals surface area contributed by atoms with Crippen LogP contribution in [0.25, 0.3) is 0 Å². The van der Waals surface area contributed by atoms with Gasteiger partial charge in [0.1, 0.15) is 17.5 Å². The van der Waals surface area contributed by atoms with Gasteiger partial charge in [-0.3, -0.25) is 0 Å². The number of rotatable bonds is 3. The first kappa shape index (κ1) is 15.4. The monoisotopic (exact) mass is 365 g/mol. The predicted octanol–water partition coefficient (Wildman–Crippen LogP) is 3.43. The number of hydrogen-bond acceptors (Lipinski definition) is 5. The summed E-state index contributed by atoms with van der Waals surface area (Å²) in [7, 11) is 0. The van der Waals surface area contributed by atoms with Gasteiger partial charge in [-0.25, -0.2) is 20.2 Å². The number of halogens is 5. The first-order valence-electron chi connectivity index (χ1n) is 5.44. The van der Waals surface area contributed by atoms with E-state index in [0.717, 1.165) is 12.1 Å². The normalized spacial score (nSPS) is 11.3. The first-order valence-corrected chi connectivity index (χ1v) is 6.24. The standard InChI is InChI=1S/C11H8BrF4N5/c12-5-1-2-6(13)7(3-5)18-8-4-9(21-17)20-10(19-8)11(14,15)16/h1-4H,17H2,(H2,18,19,20,21). The van der Waals surface area contributed by atoms with E-state index in [1.54, 1.807) is 0 Å². The van der Waals surface area contributed by atoms with Crippen LogP contribution >= 0.6 is 15.9 Å². The minimum absolute atomic E-state index is 0.0424. The number of anilines is 3. The van der Waals surface area contributed by atoms with Crippen LogP contribution in [0.3, 0.4) is 0 Å². The summed E-state index contributed by atoms with van der Waals surface area (Å²) < 4.78 is 52.1. The molecule has 0 spiro atoms. The van der Waals surface area contributed by atoms with Crippen LogP contribution in [0.4, 0.5) is 34.9 Å². The van der Waals surface area contributed by atoms with Crippen molar-refractivity contribution in [1.29, 1.82) is 0 Å². The zero-order valence-electron chi connectivity index (χ0n) is 10.2. The van der Waals surface area contributed by atoms with Gasteiger partial charge in [0, 0.05) is 10.5 Å². The maximum atomic E-state index is 13.6. The van der Waals surface area contributed by atoms with Crippen molar-refractivity contribution in [2.24, 2.45) is 5.84 Å². The molecule has 1 aromatic heterocycles. The fourth-order valence-electron chi connectivity index (χ4n) is 1.44. The number of nitrogens with two attached hydrogens (primary N) is 1. The van der Waals surface area contributed by atoms with E-state index in [1.807, 2.05) is 5.43 Å². The van der Waals surface area contributed by atoms with Crippen molar-refractivity contribution in [3.8, 4) is 0 Å². The number of hydrazine groups is 1. The van der Waals surface area contributed by atoms with Crippen molar-refractivity contribution >= 4 is 33.3 Å². The Balaban J connectivity index is 2.42. The van der Waals surface area contributed by atoms with E-state index in [4.69, 9.17) is 5.84 Å². The zero-order valence-corrected chi connectivity index (χ0v) is 11.8. The molecule has 0 radical (unpaired) electrons. The summed E-state index contributed by atoms with van der Waals surface area (Å²) in [6, 6.07) is 5.09. The van der Waals surface area contributed by atoms with E-state index < -0.39 is 17.8 Å². The van der Waals surface area contributed by atoms with E-state index in [-0.39, 0.29) is 17.3 Å². The summed E-state index contributed by atoms with van der Waals surface area (Å²) >= 11 is 3.13. The van der Waals surface area contributed by atoms with Gasteiger partial charge in [-0.2, -0.15) is 13.2 Å². The summed E-state index contributed by atoms with van der Waals surface area (Å²) in [5, 5.41) is 2.45. The minimum Gasteiger partial charge on any atom is -0.338 e. The fourth-order valence-corrected chi connectivity index (χ4v) is 1.80. The highest BCUT2D eigenvalue weighted by Crippen LogP contribution is 2.29. The van der Waals surface area contributed by atoms with Crippen molar-refractivity contribution in [2.45, 2.75) is 6.18 Å². The second-order valence-electron chi connectivity index (χ2n) is 3.85. The molecule has 10 heteroatoms. The van der Waals surface area contributed by atoms with Gasteiger partial charge in [-0.05, 0) is 18.2 Å². The highest BCUT2D eigenvalue weighted by molar-refractivity contribution is 9.10. The Morgan fingerprint density at radius 2 is 1.76 bits per heavy atom. The Hall–Kier alpha value is -1.94. The number of alkyl halides is 3. The lowest BCUT2D eigenvalue weighted by molar-refractivity contribution is -0.144. The van der Waals surface area contributed by atoms with Gasteiger partial charge in [-0.15, -0.1) is 0 Å². The number of hydrogen-bond donors (Lipinski definition) is 3. The fraction of sp³-hybridized carbons (Fsp3) is 0.0909. The van der Waals surface area contributed by atoms with E-state index in [2.05, 4.69) is 31.2 Å². The highest BCUT2D eigenvalue weighted by Gasteiger charge is 2.35. The van der Waals surface area contributed by atoms with Gasteiger partial charge < -0.3 is 10.7 Å². The summed E-state index contributed by atoms with van der Waals surface area (Å²) in [5.41, 5.74) is 1.96. The molecule has 0 amide bonds. The SMILES string of the molecule is NNc1cc(Nc2cc(Br)ccc2F)nc(C(F)(F)F)n1.